The Kier molecular flexibility index (Phi) is 3.07. The van der Waals surface area contributed by atoms with Gasteiger partial charge in [-0.25, -0.2) is 4.79 Å². The quantitative estimate of drug-likeness (QED) is 0.508. The predicted molar refractivity (Wildman–Crippen MR) is 43.0 cm³/mol. The molecule has 0 bridgehead atoms. The van der Waals surface area contributed by atoms with Crippen molar-refractivity contribution in [3.63, 3.8) is 0 Å². The van der Waals surface area contributed by atoms with Gasteiger partial charge in [0.05, 0.1) is 6.10 Å². The molecular weight excluding hydrogens is 176 g/mol. The Balaban J connectivity index is 2.27. The third-order valence-corrected chi connectivity index (χ3v) is 1.56. The first-order chi connectivity index (χ1) is 6.09. The molecule has 2 atom stereocenters. The summed E-state index contributed by atoms with van der Waals surface area (Å²) < 4.78 is 4.52. The maximum atomic E-state index is 11.2. The number of rotatable bonds is 3. The van der Waals surface area contributed by atoms with Crippen molar-refractivity contribution < 1.29 is 19.4 Å². The van der Waals surface area contributed by atoms with E-state index >= 15 is 0 Å². The minimum absolute atomic E-state index is 0.0461. The van der Waals surface area contributed by atoms with Crippen molar-refractivity contribution in [3.05, 3.63) is 0 Å². The second kappa shape index (κ2) is 4.08. The molecule has 1 aliphatic rings. The van der Waals surface area contributed by atoms with Crippen LogP contribution in [-0.2, 0) is 9.53 Å². The van der Waals surface area contributed by atoms with Gasteiger partial charge in [0.15, 0.2) is 0 Å². The second-order valence-corrected chi connectivity index (χ2v) is 2.89. The fourth-order valence-corrected chi connectivity index (χ4v) is 0.897. The number of carbonyl (C=O) groups is 2. The third kappa shape index (κ3) is 2.90. The molecule has 74 valence electrons. The molecule has 0 spiro atoms. The van der Waals surface area contributed by atoms with Crippen LogP contribution < -0.4 is 10.6 Å². The fourth-order valence-electron chi connectivity index (χ4n) is 0.897. The molecule has 0 saturated carbocycles. The van der Waals surface area contributed by atoms with E-state index in [0.29, 0.717) is 0 Å². The standard InChI is InChI=1S/C7H12N2O4/c1-4(10)2-8-6(11)5-3-13-7(12)9-5/h4-5,10H,2-3H2,1H3,(H,8,11)(H,9,12)/t4-,5?/m1/s1. The minimum atomic E-state index is -0.633. The van der Waals surface area contributed by atoms with E-state index in [-0.39, 0.29) is 19.1 Å². The van der Waals surface area contributed by atoms with E-state index in [1.54, 1.807) is 6.92 Å². The lowest BCUT2D eigenvalue weighted by Crippen LogP contribution is -2.44. The summed E-state index contributed by atoms with van der Waals surface area (Å²) in [7, 11) is 0. The average Bonchev–Trinajstić information content (AvgIpc) is 2.47. The summed E-state index contributed by atoms with van der Waals surface area (Å²) in [5, 5.41) is 13.6. The number of nitrogens with one attached hydrogen (secondary N) is 2. The van der Waals surface area contributed by atoms with E-state index < -0.39 is 18.2 Å². The highest BCUT2D eigenvalue weighted by molar-refractivity contribution is 5.87. The van der Waals surface area contributed by atoms with Crippen LogP contribution in [0.2, 0.25) is 0 Å². The lowest BCUT2D eigenvalue weighted by molar-refractivity contribution is -0.123. The molecule has 0 aromatic rings. The Morgan fingerprint density at radius 1 is 1.92 bits per heavy atom. The van der Waals surface area contributed by atoms with Crippen molar-refractivity contribution in [2.45, 2.75) is 19.1 Å². The van der Waals surface area contributed by atoms with Gasteiger partial charge in [0.25, 0.3) is 0 Å². The highest BCUT2D eigenvalue weighted by Crippen LogP contribution is 1.96. The zero-order valence-electron chi connectivity index (χ0n) is 7.24. The molecule has 1 heterocycles. The molecule has 2 amide bonds. The van der Waals surface area contributed by atoms with Crippen LogP contribution in [-0.4, -0.2) is 42.4 Å². The number of hydrogen-bond donors (Lipinski definition) is 3. The summed E-state index contributed by atoms with van der Waals surface area (Å²) in [6, 6.07) is -0.633. The van der Waals surface area contributed by atoms with Crippen molar-refractivity contribution >= 4 is 12.0 Å². The van der Waals surface area contributed by atoms with Crippen molar-refractivity contribution in [1.82, 2.24) is 10.6 Å². The van der Waals surface area contributed by atoms with Crippen LogP contribution in [0.5, 0.6) is 0 Å². The SMILES string of the molecule is C[C@@H](O)CNC(=O)C1COC(=O)N1. The molecule has 1 aliphatic heterocycles. The minimum Gasteiger partial charge on any atom is -0.447 e. The van der Waals surface area contributed by atoms with Crippen molar-refractivity contribution in [2.24, 2.45) is 0 Å². The molecule has 0 aromatic carbocycles. The van der Waals surface area contributed by atoms with Gasteiger partial charge in [-0.2, -0.15) is 0 Å². The zero-order valence-corrected chi connectivity index (χ0v) is 7.24. The first-order valence-electron chi connectivity index (χ1n) is 3.98. The molecule has 3 N–H and O–H groups in total. The van der Waals surface area contributed by atoms with Gasteiger partial charge in [-0.15, -0.1) is 0 Å². The molecule has 6 nitrogen and oxygen atoms in total. The summed E-state index contributed by atoms with van der Waals surface area (Å²) >= 11 is 0. The third-order valence-electron chi connectivity index (χ3n) is 1.56. The van der Waals surface area contributed by atoms with Gasteiger partial charge in [0.1, 0.15) is 12.6 Å². The number of ether oxygens (including phenoxy) is 1. The molecule has 1 fully saturated rings. The van der Waals surface area contributed by atoms with E-state index in [9.17, 15) is 9.59 Å². The van der Waals surface area contributed by atoms with Crippen LogP contribution in [0.1, 0.15) is 6.92 Å². The van der Waals surface area contributed by atoms with Crippen LogP contribution in [0.25, 0.3) is 0 Å². The van der Waals surface area contributed by atoms with Gasteiger partial charge in [-0.3, -0.25) is 4.79 Å². The number of aliphatic hydroxyl groups excluding tert-OH is 1. The summed E-state index contributed by atoms with van der Waals surface area (Å²) in [4.78, 5) is 21.7. The Labute approximate surface area is 75.3 Å². The second-order valence-electron chi connectivity index (χ2n) is 2.89. The molecule has 6 heteroatoms. The molecule has 0 aliphatic carbocycles. The molecule has 13 heavy (non-hydrogen) atoms. The Hall–Kier alpha value is -1.30. The highest BCUT2D eigenvalue weighted by atomic mass is 16.6. The van der Waals surface area contributed by atoms with Crippen LogP contribution in [0, 0.1) is 0 Å². The maximum absolute atomic E-state index is 11.2. The number of alkyl carbamates (subject to hydrolysis) is 1. The fraction of sp³-hybridized carbons (Fsp3) is 0.714. The van der Waals surface area contributed by atoms with Gasteiger partial charge in [-0.1, -0.05) is 0 Å². The Morgan fingerprint density at radius 2 is 2.62 bits per heavy atom. The summed E-state index contributed by atoms with van der Waals surface area (Å²) in [5.74, 6) is -0.341. The first kappa shape index (κ1) is 9.79. The van der Waals surface area contributed by atoms with Crippen molar-refractivity contribution in [3.8, 4) is 0 Å². The van der Waals surface area contributed by atoms with Gasteiger partial charge < -0.3 is 20.5 Å². The van der Waals surface area contributed by atoms with Gasteiger partial charge in [0.2, 0.25) is 5.91 Å². The van der Waals surface area contributed by atoms with Gasteiger partial charge >= 0.3 is 6.09 Å². The van der Waals surface area contributed by atoms with E-state index in [0.717, 1.165) is 0 Å². The Bertz CT molecular complexity index is 217. The predicted octanol–water partition coefficient (Wildman–Crippen LogP) is -1.41. The van der Waals surface area contributed by atoms with E-state index in [2.05, 4.69) is 15.4 Å². The molecule has 0 radical (unpaired) electrons. The smallest absolute Gasteiger partial charge is 0.407 e. The van der Waals surface area contributed by atoms with Crippen LogP contribution in [0.4, 0.5) is 4.79 Å². The zero-order chi connectivity index (χ0) is 9.84. The molecule has 1 rings (SSSR count). The topological polar surface area (TPSA) is 87.7 Å². The van der Waals surface area contributed by atoms with Crippen molar-refractivity contribution in [2.75, 3.05) is 13.2 Å². The summed E-state index contributed by atoms with van der Waals surface area (Å²) in [6.45, 7) is 1.78. The Morgan fingerprint density at radius 3 is 3.08 bits per heavy atom. The van der Waals surface area contributed by atoms with E-state index in [1.165, 1.54) is 0 Å². The monoisotopic (exact) mass is 188 g/mol. The number of aliphatic hydroxyl groups is 1. The van der Waals surface area contributed by atoms with E-state index in [4.69, 9.17) is 5.11 Å². The number of carbonyl (C=O) groups excluding carboxylic acids is 2. The van der Waals surface area contributed by atoms with E-state index in [1.807, 2.05) is 0 Å². The lowest BCUT2D eigenvalue weighted by Gasteiger charge is -2.09. The molecular formula is C7H12N2O4. The van der Waals surface area contributed by atoms with Gasteiger partial charge in [0, 0.05) is 6.54 Å². The molecule has 1 unspecified atom stereocenters. The number of cyclic esters (lactones) is 1. The summed E-state index contributed by atoms with van der Waals surface area (Å²) in [5.41, 5.74) is 0. The summed E-state index contributed by atoms with van der Waals surface area (Å²) in [6.07, 6.45) is -1.18. The number of hydrogen-bond acceptors (Lipinski definition) is 4. The molecule has 0 aromatic heterocycles. The van der Waals surface area contributed by atoms with Crippen molar-refractivity contribution in [1.29, 1.82) is 0 Å². The number of amides is 2. The first-order valence-corrected chi connectivity index (χ1v) is 3.98. The highest BCUT2D eigenvalue weighted by Gasteiger charge is 2.28. The van der Waals surface area contributed by atoms with Crippen LogP contribution in [0.3, 0.4) is 0 Å². The normalized spacial score (nSPS) is 23.2. The average molecular weight is 188 g/mol. The lowest BCUT2D eigenvalue weighted by atomic mass is 10.3. The van der Waals surface area contributed by atoms with Crippen LogP contribution in [0.15, 0.2) is 0 Å². The largest absolute Gasteiger partial charge is 0.447 e. The van der Waals surface area contributed by atoms with Crippen LogP contribution >= 0.6 is 0 Å². The molecule has 1 saturated heterocycles. The van der Waals surface area contributed by atoms with Gasteiger partial charge in [-0.05, 0) is 6.92 Å². The maximum Gasteiger partial charge on any atom is 0.407 e.